The number of benzene rings is 3. The lowest BCUT2D eigenvalue weighted by Gasteiger charge is -2.27. The van der Waals surface area contributed by atoms with E-state index in [1.807, 2.05) is 36.4 Å². The molecule has 1 saturated carbocycles. The Morgan fingerprint density at radius 2 is 1.41 bits per heavy atom. The van der Waals surface area contributed by atoms with Gasteiger partial charge in [-0.25, -0.2) is 0 Å². The first-order chi connectivity index (χ1) is 16.5. The summed E-state index contributed by atoms with van der Waals surface area (Å²) in [5, 5.41) is 0. The predicted octanol–water partition coefficient (Wildman–Crippen LogP) is 6.57. The largest absolute Gasteiger partial charge is 0.462 e. The number of ether oxygens (including phenoxy) is 2. The first-order valence-corrected chi connectivity index (χ1v) is 13.7. The summed E-state index contributed by atoms with van der Waals surface area (Å²) in [6, 6.07) is 28.7. The number of halogens is 1. The molecular formula is C28H28BrO4S+. The van der Waals surface area contributed by atoms with Gasteiger partial charge in [0.05, 0.1) is 16.8 Å². The van der Waals surface area contributed by atoms with Crippen LogP contribution in [0.2, 0.25) is 0 Å². The van der Waals surface area contributed by atoms with Crippen molar-refractivity contribution in [3.63, 3.8) is 0 Å². The van der Waals surface area contributed by atoms with E-state index >= 15 is 0 Å². The second-order valence-corrected chi connectivity index (χ2v) is 11.8. The van der Waals surface area contributed by atoms with Gasteiger partial charge in [0.15, 0.2) is 14.7 Å². The molecule has 6 heteroatoms. The summed E-state index contributed by atoms with van der Waals surface area (Å²) in [6.07, 6.45) is 2.64. The van der Waals surface area contributed by atoms with Crippen molar-refractivity contribution in [3.8, 4) is 5.75 Å². The number of carbonyl (C=O) groups is 2. The molecule has 0 aliphatic heterocycles. The highest BCUT2D eigenvalue weighted by atomic mass is 79.9. The highest BCUT2D eigenvalue weighted by molar-refractivity contribution is 9.10. The molecule has 0 N–H and O–H groups in total. The number of hydrogen-bond acceptors (Lipinski definition) is 4. The zero-order valence-electron chi connectivity index (χ0n) is 19.1. The number of esters is 2. The minimum Gasteiger partial charge on any atom is -0.462 e. The highest BCUT2D eigenvalue weighted by Crippen LogP contribution is 2.33. The van der Waals surface area contributed by atoms with Crippen molar-refractivity contribution in [3.05, 3.63) is 84.9 Å². The highest BCUT2D eigenvalue weighted by Gasteiger charge is 2.32. The van der Waals surface area contributed by atoms with E-state index in [4.69, 9.17) is 9.47 Å². The van der Waals surface area contributed by atoms with E-state index in [2.05, 4.69) is 64.5 Å². The zero-order valence-corrected chi connectivity index (χ0v) is 21.5. The summed E-state index contributed by atoms with van der Waals surface area (Å²) >= 11 is 3.23. The summed E-state index contributed by atoms with van der Waals surface area (Å²) in [6.45, 7) is 1.74. The van der Waals surface area contributed by atoms with E-state index in [0.29, 0.717) is 12.2 Å². The molecule has 0 spiro atoms. The van der Waals surface area contributed by atoms with Crippen LogP contribution in [0.4, 0.5) is 0 Å². The minimum atomic E-state index is -0.352. The van der Waals surface area contributed by atoms with Crippen molar-refractivity contribution in [1.29, 1.82) is 0 Å². The number of alkyl halides is 1. The minimum absolute atomic E-state index is 0.236. The molecule has 4 nitrogen and oxygen atoms in total. The van der Waals surface area contributed by atoms with Crippen LogP contribution in [0.5, 0.6) is 5.75 Å². The lowest BCUT2D eigenvalue weighted by atomic mass is 9.87. The number of hydrogen-bond donors (Lipinski definition) is 0. The molecule has 34 heavy (non-hydrogen) atoms. The molecule has 3 atom stereocenters. The van der Waals surface area contributed by atoms with E-state index < -0.39 is 0 Å². The summed E-state index contributed by atoms with van der Waals surface area (Å²) in [5.74, 6) is -0.279. The van der Waals surface area contributed by atoms with E-state index in [9.17, 15) is 9.59 Å². The SMILES string of the molecule is CC(Br)C(=O)OC1CCCC(C(=O)Oc2ccc([S+](c3ccccc3)c3ccccc3)cc2)C1. The van der Waals surface area contributed by atoms with Crippen molar-refractivity contribution in [1.82, 2.24) is 0 Å². The first kappa shape index (κ1) is 24.6. The average Bonchev–Trinajstić information content (AvgIpc) is 2.86. The molecule has 3 unspecified atom stereocenters. The molecule has 1 fully saturated rings. The molecule has 176 valence electrons. The summed E-state index contributed by atoms with van der Waals surface area (Å²) < 4.78 is 11.2. The van der Waals surface area contributed by atoms with Gasteiger partial charge in [-0.1, -0.05) is 52.3 Å². The fraction of sp³-hybridized carbons (Fsp3) is 0.286. The van der Waals surface area contributed by atoms with Crippen molar-refractivity contribution in [2.24, 2.45) is 5.92 Å². The molecular weight excluding hydrogens is 512 g/mol. The van der Waals surface area contributed by atoms with E-state index in [0.717, 1.165) is 24.2 Å². The van der Waals surface area contributed by atoms with Gasteiger partial charge in [0.2, 0.25) is 0 Å². The van der Waals surface area contributed by atoms with Crippen molar-refractivity contribution < 1.29 is 19.1 Å². The van der Waals surface area contributed by atoms with E-state index in [-0.39, 0.29) is 39.7 Å². The lowest BCUT2D eigenvalue weighted by Crippen LogP contribution is -2.33. The Hall–Kier alpha value is -2.57. The maximum absolute atomic E-state index is 12.8. The quantitative estimate of drug-likeness (QED) is 0.147. The number of carbonyl (C=O) groups excluding carboxylic acids is 2. The van der Waals surface area contributed by atoms with E-state index in [1.165, 1.54) is 9.79 Å². The van der Waals surface area contributed by atoms with Gasteiger partial charge in [0, 0.05) is 0 Å². The average molecular weight is 540 g/mol. The van der Waals surface area contributed by atoms with Gasteiger partial charge in [-0.15, -0.1) is 0 Å². The van der Waals surface area contributed by atoms with Crippen LogP contribution in [0, 0.1) is 5.92 Å². The monoisotopic (exact) mass is 539 g/mol. The Balaban J connectivity index is 1.44. The van der Waals surface area contributed by atoms with Gasteiger partial charge in [-0.05, 0) is 81.1 Å². The van der Waals surface area contributed by atoms with Crippen LogP contribution in [0.3, 0.4) is 0 Å². The maximum atomic E-state index is 12.8. The third-order valence-corrected chi connectivity index (χ3v) is 8.41. The summed E-state index contributed by atoms with van der Waals surface area (Å²) in [4.78, 5) is 28.0. The molecule has 0 heterocycles. The second kappa shape index (κ2) is 11.7. The standard InChI is InChI=1S/C28H28BrO4S/c1-20(29)27(30)33-23-10-8-9-21(19-23)28(31)32-22-15-17-26(18-16-22)34(24-11-4-2-5-12-24)25-13-6-3-7-14-25/h2-7,11-18,20-21,23H,8-10,19H2,1H3/q+1. The fourth-order valence-corrected chi connectivity index (χ4v) is 6.28. The van der Waals surface area contributed by atoms with Gasteiger partial charge >= 0.3 is 11.9 Å². The molecule has 0 amide bonds. The summed E-state index contributed by atoms with van der Waals surface area (Å²) in [7, 11) is -0.247. The molecule has 1 aliphatic carbocycles. The van der Waals surface area contributed by atoms with Crippen LogP contribution < -0.4 is 4.74 Å². The zero-order chi connectivity index (χ0) is 23.9. The third kappa shape index (κ3) is 6.30. The smallest absolute Gasteiger partial charge is 0.319 e. The molecule has 3 aromatic carbocycles. The Labute approximate surface area is 212 Å². The van der Waals surface area contributed by atoms with Crippen molar-refractivity contribution in [2.45, 2.75) is 58.2 Å². The van der Waals surface area contributed by atoms with Gasteiger partial charge in [0.25, 0.3) is 0 Å². The number of rotatable bonds is 7. The fourth-order valence-electron chi connectivity index (χ4n) is 4.09. The van der Waals surface area contributed by atoms with Crippen molar-refractivity contribution in [2.75, 3.05) is 0 Å². The van der Waals surface area contributed by atoms with Crippen LogP contribution in [0.1, 0.15) is 32.6 Å². The van der Waals surface area contributed by atoms with Gasteiger partial charge in [-0.3, -0.25) is 9.59 Å². The Morgan fingerprint density at radius 3 is 1.97 bits per heavy atom. The molecule has 0 bridgehead atoms. The lowest BCUT2D eigenvalue weighted by molar-refractivity contribution is -0.154. The van der Waals surface area contributed by atoms with Crippen LogP contribution in [0.25, 0.3) is 0 Å². The molecule has 0 aromatic heterocycles. The maximum Gasteiger partial charge on any atom is 0.319 e. The third-order valence-electron chi connectivity index (χ3n) is 5.80. The summed E-state index contributed by atoms with van der Waals surface area (Å²) in [5.41, 5.74) is 0. The Morgan fingerprint density at radius 1 is 0.853 bits per heavy atom. The van der Waals surface area contributed by atoms with Crippen LogP contribution >= 0.6 is 15.9 Å². The molecule has 4 rings (SSSR count). The van der Waals surface area contributed by atoms with Gasteiger partial charge in [-0.2, -0.15) is 0 Å². The van der Waals surface area contributed by atoms with E-state index in [1.54, 1.807) is 6.92 Å². The molecule has 3 aromatic rings. The second-order valence-electron chi connectivity index (χ2n) is 8.36. The van der Waals surface area contributed by atoms with Gasteiger partial charge < -0.3 is 9.47 Å². The van der Waals surface area contributed by atoms with Gasteiger partial charge in [0.1, 0.15) is 16.7 Å². The molecule has 0 saturated heterocycles. The first-order valence-electron chi connectivity index (χ1n) is 11.5. The van der Waals surface area contributed by atoms with Crippen LogP contribution in [0.15, 0.2) is 99.6 Å². The van der Waals surface area contributed by atoms with Crippen molar-refractivity contribution >= 4 is 38.8 Å². The molecule has 1 aliphatic rings. The van der Waals surface area contributed by atoms with Crippen LogP contribution in [-0.2, 0) is 25.2 Å². The van der Waals surface area contributed by atoms with Crippen LogP contribution in [-0.4, -0.2) is 22.9 Å². The predicted molar refractivity (Wildman–Crippen MR) is 137 cm³/mol. The topological polar surface area (TPSA) is 52.6 Å². The Bertz CT molecular complexity index is 1050. The molecule has 0 radical (unpaired) electrons. The Kier molecular flexibility index (Phi) is 8.46. The normalized spacial score (nSPS) is 18.8.